The smallest absolute Gasteiger partial charge is 0.201 e. The second kappa shape index (κ2) is 8.97. The molecule has 0 radical (unpaired) electrons. The number of carbonyl (C=O) groups is 1. The molecule has 4 rings (SSSR count). The molecular weight excluding hydrogens is 470 g/mol. The number of pyridine rings is 1. The van der Waals surface area contributed by atoms with Crippen LogP contribution in [0.3, 0.4) is 0 Å². The average Bonchev–Trinajstić information content (AvgIpc) is 3.21. The number of ketones is 1. The van der Waals surface area contributed by atoms with Gasteiger partial charge in [-0.2, -0.15) is 0 Å². The standard InChI is InChI=1S/C21H14ClF4N3O2S/c22-18-9(8-30)6-27-21-16(18)11(7-28-21)20(31)17-13(25)3-4-14(19(17)26)29-32-15-5-10(23)1-2-12(15)24/h3-7,29-30H,1-2,8H2,(H,27,28). The summed E-state index contributed by atoms with van der Waals surface area (Å²) in [5.74, 6) is -4.41. The number of allylic oxidation sites excluding steroid dienone is 3. The number of aromatic amines is 1. The summed E-state index contributed by atoms with van der Waals surface area (Å²) in [5.41, 5.74) is -0.846. The van der Waals surface area contributed by atoms with Crippen molar-refractivity contribution in [2.45, 2.75) is 19.4 Å². The van der Waals surface area contributed by atoms with Crippen LogP contribution in [0, 0.1) is 11.6 Å². The number of aromatic nitrogens is 2. The first-order valence-electron chi connectivity index (χ1n) is 9.27. The van der Waals surface area contributed by atoms with Crippen LogP contribution in [0.2, 0.25) is 5.02 Å². The quantitative estimate of drug-likeness (QED) is 0.224. The number of carbonyl (C=O) groups excluding carboxylic acids is 1. The number of hydrogen-bond donors (Lipinski definition) is 3. The molecule has 1 aliphatic rings. The second-order valence-electron chi connectivity index (χ2n) is 6.86. The van der Waals surface area contributed by atoms with Gasteiger partial charge in [0.1, 0.15) is 23.1 Å². The number of nitrogens with zero attached hydrogens (tertiary/aromatic N) is 1. The van der Waals surface area contributed by atoms with E-state index < -0.39 is 41.2 Å². The maximum Gasteiger partial charge on any atom is 0.201 e. The first kappa shape index (κ1) is 22.4. The van der Waals surface area contributed by atoms with Crippen molar-refractivity contribution < 1.29 is 27.5 Å². The molecule has 3 N–H and O–H groups in total. The molecule has 1 aromatic carbocycles. The number of benzene rings is 1. The lowest BCUT2D eigenvalue weighted by Gasteiger charge is -2.14. The molecule has 11 heteroatoms. The fourth-order valence-corrected chi connectivity index (χ4v) is 4.28. The summed E-state index contributed by atoms with van der Waals surface area (Å²) >= 11 is 6.85. The van der Waals surface area contributed by atoms with E-state index in [4.69, 9.17) is 11.6 Å². The van der Waals surface area contributed by atoms with Gasteiger partial charge in [-0.15, -0.1) is 0 Å². The van der Waals surface area contributed by atoms with Crippen LogP contribution in [0.5, 0.6) is 0 Å². The first-order valence-corrected chi connectivity index (χ1v) is 10.5. The van der Waals surface area contributed by atoms with Gasteiger partial charge in [0.25, 0.3) is 0 Å². The monoisotopic (exact) mass is 483 g/mol. The highest BCUT2D eigenvalue weighted by Gasteiger charge is 2.26. The molecule has 5 nitrogen and oxygen atoms in total. The maximum absolute atomic E-state index is 15.1. The van der Waals surface area contributed by atoms with Gasteiger partial charge in [-0.1, -0.05) is 11.6 Å². The molecule has 166 valence electrons. The third kappa shape index (κ3) is 4.01. The van der Waals surface area contributed by atoms with E-state index in [9.17, 15) is 23.1 Å². The van der Waals surface area contributed by atoms with Gasteiger partial charge >= 0.3 is 0 Å². The van der Waals surface area contributed by atoms with Gasteiger partial charge in [0.2, 0.25) is 5.78 Å². The molecule has 0 spiro atoms. The van der Waals surface area contributed by atoms with Gasteiger partial charge in [0.15, 0.2) is 5.82 Å². The minimum atomic E-state index is -1.21. The Morgan fingerprint density at radius 2 is 2.03 bits per heavy atom. The summed E-state index contributed by atoms with van der Waals surface area (Å²) in [6, 6.07) is 1.93. The van der Waals surface area contributed by atoms with E-state index in [1.54, 1.807) is 0 Å². The van der Waals surface area contributed by atoms with Crippen molar-refractivity contribution in [1.29, 1.82) is 0 Å². The van der Waals surface area contributed by atoms with Crippen molar-refractivity contribution in [1.82, 2.24) is 9.97 Å². The summed E-state index contributed by atoms with van der Waals surface area (Å²) < 4.78 is 59.4. The van der Waals surface area contributed by atoms with Crippen molar-refractivity contribution in [3.05, 3.63) is 80.5 Å². The first-order chi connectivity index (χ1) is 15.3. The number of anilines is 1. The summed E-state index contributed by atoms with van der Waals surface area (Å²) in [5, 5.41) is 9.52. The molecule has 32 heavy (non-hydrogen) atoms. The van der Waals surface area contributed by atoms with Crippen molar-refractivity contribution in [2.75, 3.05) is 4.72 Å². The maximum atomic E-state index is 15.1. The van der Waals surface area contributed by atoms with Crippen LogP contribution in [0.25, 0.3) is 11.0 Å². The van der Waals surface area contributed by atoms with Crippen molar-refractivity contribution in [2.24, 2.45) is 0 Å². The molecule has 0 bridgehead atoms. The summed E-state index contributed by atoms with van der Waals surface area (Å²) in [7, 11) is 0. The van der Waals surface area contributed by atoms with Gasteiger partial charge in [-0.3, -0.25) is 4.79 Å². The van der Waals surface area contributed by atoms with E-state index in [0.29, 0.717) is 11.9 Å². The Morgan fingerprint density at radius 3 is 2.78 bits per heavy atom. The minimum absolute atomic E-state index is 0.0290. The molecular formula is C21H14ClF4N3O2S. The Morgan fingerprint density at radius 1 is 1.25 bits per heavy atom. The molecule has 2 heterocycles. The highest BCUT2D eigenvalue weighted by molar-refractivity contribution is 8.04. The van der Waals surface area contributed by atoms with Crippen LogP contribution >= 0.6 is 23.5 Å². The molecule has 0 unspecified atom stereocenters. The molecule has 0 amide bonds. The number of aliphatic hydroxyl groups is 1. The van der Waals surface area contributed by atoms with Gasteiger partial charge < -0.3 is 14.8 Å². The Balaban J connectivity index is 1.71. The van der Waals surface area contributed by atoms with Crippen molar-refractivity contribution in [3.8, 4) is 0 Å². The predicted molar refractivity (Wildman–Crippen MR) is 115 cm³/mol. The Labute approximate surface area is 188 Å². The van der Waals surface area contributed by atoms with E-state index in [-0.39, 0.29) is 50.6 Å². The zero-order valence-electron chi connectivity index (χ0n) is 16.1. The van der Waals surface area contributed by atoms with E-state index in [2.05, 4.69) is 14.7 Å². The van der Waals surface area contributed by atoms with Crippen LogP contribution in [0.15, 0.2) is 47.2 Å². The molecule has 0 saturated carbocycles. The molecule has 1 aliphatic carbocycles. The van der Waals surface area contributed by atoms with Crippen LogP contribution in [-0.2, 0) is 6.61 Å². The number of H-pyrrole nitrogens is 1. The Kier molecular flexibility index (Phi) is 6.27. The van der Waals surface area contributed by atoms with E-state index in [1.165, 1.54) is 12.4 Å². The summed E-state index contributed by atoms with van der Waals surface area (Å²) in [4.78, 5) is 19.7. The molecule has 0 saturated heterocycles. The van der Waals surface area contributed by atoms with Gasteiger partial charge in [-0.25, -0.2) is 22.5 Å². The molecule has 0 aliphatic heterocycles. The fraction of sp³-hybridized carbons (Fsp3) is 0.143. The third-order valence-corrected chi connectivity index (χ3v) is 6.17. The van der Waals surface area contributed by atoms with Crippen molar-refractivity contribution >= 4 is 46.1 Å². The lowest BCUT2D eigenvalue weighted by Crippen LogP contribution is -2.09. The number of halogens is 5. The number of nitrogens with one attached hydrogen (secondary N) is 2. The van der Waals surface area contributed by atoms with Crippen LogP contribution in [-0.4, -0.2) is 20.9 Å². The highest BCUT2D eigenvalue weighted by atomic mass is 35.5. The minimum Gasteiger partial charge on any atom is -0.392 e. The summed E-state index contributed by atoms with van der Waals surface area (Å²) in [6.45, 7) is -0.443. The zero-order chi connectivity index (χ0) is 23.0. The average molecular weight is 484 g/mol. The molecule has 3 aromatic rings. The second-order valence-corrected chi connectivity index (χ2v) is 8.09. The van der Waals surface area contributed by atoms with Gasteiger partial charge in [0, 0.05) is 36.2 Å². The van der Waals surface area contributed by atoms with E-state index in [0.717, 1.165) is 18.2 Å². The number of hydrogen-bond acceptors (Lipinski definition) is 5. The van der Waals surface area contributed by atoms with Gasteiger partial charge in [0.05, 0.1) is 33.3 Å². The lowest BCUT2D eigenvalue weighted by atomic mass is 10.0. The molecule has 0 atom stereocenters. The van der Waals surface area contributed by atoms with Gasteiger partial charge in [-0.05, 0) is 30.2 Å². The number of rotatable bonds is 6. The van der Waals surface area contributed by atoms with Crippen molar-refractivity contribution in [3.63, 3.8) is 0 Å². The van der Waals surface area contributed by atoms with E-state index in [1.807, 2.05) is 0 Å². The van der Waals surface area contributed by atoms with E-state index >= 15 is 4.39 Å². The highest BCUT2D eigenvalue weighted by Crippen LogP contribution is 2.36. The molecule has 0 fully saturated rings. The lowest BCUT2D eigenvalue weighted by molar-refractivity contribution is 0.103. The van der Waals surface area contributed by atoms with Crippen LogP contribution < -0.4 is 4.72 Å². The molecule has 2 aromatic heterocycles. The SMILES string of the molecule is O=C(c1c(F)ccc(NSC2=C(F)CCC(F)=C2)c1F)c1c[nH]c2ncc(CO)c(Cl)c12. The third-order valence-electron chi connectivity index (χ3n) is 4.85. The normalized spacial score (nSPS) is 14.1. The topological polar surface area (TPSA) is 78.0 Å². The Hall–Kier alpha value is -2.82. The fourth-order valence-electron chi connectivity index (χ4n) is 3.20. The van der Waals surface area contributed by atoms with Crippen LogP contribution in [0.4, 0.5) is 23.2 Å². The number of aliphatic hydroxyl groups excluding tert-OH is 1. The summed E-state index contributed by atoms with van der Waals surface area (Å²) in [6.07, 6.45) is 3.35. The number of fused-ring (bicyclic) bond motifs is 1. The van der Waals surface area contributed by atoms with Crippen LogP contribution in [0.1, 0.15) is 34.3 Å². The zero-order valence-corrected chi connectivity index (χ0v) is 17.7. The largest absolute Gasteiger partial charge is 0.392 e. The Bertz CT molecular complexity index is 1310. The predicted octanol–water partition coefficient (Wildman–Crippen LogP) is 6.11.